The lowest BCUT2D eigenvalue weighted by Gasteiger charge is -2.40. The van der Waals surface area contributed by atoms with Crippen LogP contribution in [0.4, 0.5) is 5.69 Å². The van der Waals surface area contributed by atoms with Gasteiger partial charge in [0.2, 0.25) is 5.52 Å². The first-order chi connectivity index (χ1) is 23.1. The Labute approximate surface area is 295 Å². The van der Waals surface area contributed by atoms with Crippen molar-refractivity contribution in [2.45, 2.75) is 135 Å². The number of para-hydroxylation sites is 2. The normalized spacial score (nSPS) is 23.2. The monoisotopic (exact) mass is 674 g/mol. The molecule has 256 valence electrons. The van der Waals surface area contributed by atoms with Crippen LogP contribution in [0.5, 0.6) is 0 Å². The molecule has 1 fully saturated rings. The van der Waals surface area contributed by atoms with Crippen molar-refractivity contribution in [3.05, 3.63) is 70.7 Å². The fourth-order valence-electron chi connectivity index (χ4n) is 8.38. The van der Waals surface area contributed by atoms with Crippen LogP contribution < -0.4 is 9.05 Å². The topological polar surface area (TPSA) is 3.88 Å². The van der Waals surface area contributed by atoms with Gasteiger partial charge < -0.3 is 4.48 Å². The lowest BCUT2D eigenvalue weighted by Crippen LogP contribution is -2.53. The van der Waals surface area contributed by atoms with Crippen molar-refractivity contribution in [2.24, 2.45) is 0 Å². The van der Waals surface area contributed by atoms with Crippen molar-refractivity contribution < 1.29 is 9.05 Å². The molecule has 3 aromatic rings. The van der Waals surface area contributed by atoms with Crippen LogP contribution in [-0.4, -0.2) is 43.2 Å². The minimum absolute atomic E-state index is 0.585. The number of quaternary nitrogens is 2. The fraction of sp³-hybridized carbons (Fsp3) is 0.595. The number of hydrogen-bond acceptors (Lipinski definition) is 2. The second kappa shape index (κ2) is 18.2. The third kappa shape index (κ3) is 8.82. The summed E-state index contributed by atoms with van der Waals surface area (Å²) in [5.41, 5.74) is 2.93. The van der Waals surface area contributed by atoms with Gasteiger partial charge in [0, 0.05) is 24.3 Å². The van der Waals surface area contributed by atoms with E-state index >= 15 is 0 Å². The molecule has 47 heavy (non-hydrogen) atoms. The van der Waals surface area contributed by atoms with E-state index in [0.717, 1.165) is 11.0 Å². The largest absolute Gasteiger partial charge is 0.324 e. The summed E-state index contributed by atoms with van der Waals surface area (Å²) in [6.07, 6.45) is 26.6. The highest BCUT2D eigenvalue weighted by molar-refractivity contribution is 8.03. The molecule has 0 aliphatic carbocycles. The summed E-state index contributed by atoms with van der Waals surface area (Å²) < 4.78 is 6.25. The predicted molar refractivity (Wildman–Crippen MR) is 209 cm³/mol. The molecule has 2 aliphatic heterocycles. The van der Waals surface area contributed by atoms with Crippen molar-refractivity contribution in [2.75, 3.05) is 32.7 Å². The first-order valence-corrected chi connectivity index (χ1v) is 21.0. The fourth-order valence-corrected chi connectivity index (χ4v) is 10.9. The number of thiazole rings is 1. The molecule has 3 nitrogen and oxygen atoms in total. The maximum Gasteiger partial charge on any atom is 0.262 e. The van der Waals surface area contributed by atoms with E-state index in [-0.39, 0.29) is 0 Å². The first-order valence-electron chi connectivity index (χ1n) is 19.4. The smallest absolute Gasteiger partial charge is 0.262 e. The van der Waals surface area contributed by atoms with E-state index in [9.17, 15) is 0 Å². The number of benzene rings is 2. The van der Waals surface area contributed by atoms with E-state index in [4.69, 9.17) is 0 Å². The minimum atomic E-state index is 0.585. The molecular formula is C42H64N3S2+3. The molecule has 0 saturated carbocycles. The zero-order valence-corrected chi connectivity index (χ0v) is 31.9. The second-order valence-electron chi connectivity index (χ2n) is 14.3. The molecule has 2 aromatic carbocycles. The lowest BCUT2D eigenvalue weighted by atomic mass is 10.00. The van der Waals surface area contributed by atoms with Gasteiger partial charge in [-0.25, -0.2) is 4.48 Å². The molecule has 5 heteroatoms. The average molecular weight is 675 g/mol. The van der Waals surface area contributed by atoms with Crippen LogP contribution >= 0.6 is 23.1 Å². The number of fused-ring (bicyclic) bond motifs is 3. The predicted octanol–water partition coefficient (Wildman–Crippen LogP) is 11.9. The van der Waals surface area contributed by atoms with Crippen molar-refractivity contribution in [3.63, 3.8) is 0 Å². The van der Waals surface area contributed by atoms with E-state index in [1.165, 1.54) is 152 Å². The number of aromatic nitrogens is 1. The molecule has 2 unspecified atom stereocenters. The van der Waals surface area contributed by atoms with Crippen LogP contribution in [0.1, 0.15) is 123 Å². The van der Waals surface area contributed by atoms with Gasteiger partial charge in [-0.05, 0) is 83.3 Å². The number of hydrogen-bond donors (Lipinski definition) is 0. The van der Waals surface area contributed by atoms with E-state index < -0.39 is 0 Å². The zero-order chi connectivity index (χ0) is 33.0. The van der Waals surface area contributed by atoms with E-state index in [0.29, 0.717) is 6.04 Å². The van der Waals surface area contributed by atoms with Gasteiger partial charge in [0.25, 0.3) is 5.01 Å². The summed E-state index contributed by atoms with van der Waals surface area (Å²) in [5, 5.41) is 2.90. The number of aryl methyl sites for hydroxylation is 1. The van der Waals surface area contributed by atoms with Gasteiger partial charge in [-0.1, -0.05) is 93.4 Å². The van der Waals surface area contributed by atoms with Crippen molar-refractivity contribution >= 4 is 45.1 Å². The van der Waals surface area contributed by atoms with Crippen molar-refractivity contribution in [1.29, 1.82) is 0 Å². The first kappa shape index (κ1) is 36.4. The van der Waals surface area contributed by atoms with Crippen LogP contribution in [0.3, 0.4) is 0 Å². The Morgan fingerprint density at radius 1 is 0.787 bits per heavy atom. The SMILES string of the molecule is CC[N+](CC)(CC)CCC[n+]1c(C=C/C=C2\Sc3ccccc3[N+]23CCCCCCCCCCCCCCC3C)sc2ccccc21. The maximum atomic E-state index is 2.60. The third-order valence-electron chi connectivity index (χ3n) is 11.7. The Morgan fingerprint density at radius 3 is 2.11 bits per heavy atom. The van der Waals surface area contributed by atoms with E-state index in [1.54, 1.807) is 5.69 Å². The molecule has 5 rings (SSSR count). The van der Waals surface area contributed by atoms with E-state index in [1.807, 2.05) is 23.1 Å². The van der Waals surface area contributed by atoms with Gasteiger partial charge in [-0.2, -0.15) is 4.57 Å². The summed E-state index contributed by atoms with van der Waals surface area (Å²) in [5.74, 6) is 0. The Morgan fingerprint density at radius 2 is 1.40 bits per heavy atom. The summed E-state index contributed by atoms with van der Waals surface area (Å²) in [6.45, 7) is 16.9. The third-order valence-corrected chi connectivity index (χ3v) is 14.0. The molecule has 0 N–H and O–H groups in total. The van der Waals surface area contributed by atoms with Gasteiger partial charge in [-0.3, -0.25) is 0 Å². The molecular weight excluding hydrogens is 611 g/mol. The zero-order valence-electron chi connectivity index (χ0n) is 30.2. The minimum Gasteiger partial charge on any atom is -0.324 e. The molecule has 1 saturated heterocycles. The molecule has 2 atom stereocenters. The summed E-state index contributed by atoms with van der Waals surface area (Å²) >= 11 is 3.99. The van der Waals surface area contributed by atoms with Crippen LogP contribution in [0, 0.1) is 0 Å². The molecule has 0 radical (unpaired) electrons. The summed E-state index contributed by atoms with van der Waals surface area (Å²) in [4.78, 5) is 1.47. The van der Waals surface area contributed by atoms with Gasteiger partial charge >= 0.3 is 0 Å². The van der Waals surface area contributed by atoms with Gasteiger partial charge in [-0.15, -0.1) is 0 Å². The number of thioether (sulfide) groups is 1. The molecule has 1 spiro atoms. The molecule has 0 amide bonds. The van der Waals surface area contributed by atoms with E-state index in [2.05, 4.69) is 99.0 Å². The molecule has 1 aromatic heterocycles. The van der Waals surface area contributed by atoms with Gasteiger partial charge in [0.1, 0.15) is 4.70 Å². The van der Waals surface area contributed by atoms with Crippen molar-refractivity contribution in [3.8, 4) is 0 Å². The standard InChI is InChI=1S/C42H64N3S2/c1-5-44(6-2,7-3)34-25-33-43-37-27-19-21-29-39(37)46-41(43)31-24-32-42-45(38-28-20-22-30-40(38)47-42)35-23-17-15-13-11-9-8-10-12-14-16-18-26-36(45)4/h19-22,24,27-32,36H,5-18,23,25-26,33-35H2,1-4H3/q+3/b31-24?,42-32-. The lowest BCUT2D eigenvalue weighted by molar-refractivity contribution is -0.925. The summed E-state index contributed by atoms with van der Waals surface area (Å²) in [6, 6.07) is 18.9. The van der Waals surface area contributed by atoms with Gasteiger partial charge in [0.15, 0.2) is 17.3 Å². The number of rotatable bonds is 9. The highest BCUT2D eigenvalue weighted by atomic mass is 32.2. The second-order valence-corrected chi connectivity index (χ2v) is 16.5. The highest BCUT2D eigenvalue weighted by Gasteiger charge is 2.47. The van der Waals surface area contributed by atoms with Crippen LogP contribution in [0.15, 0.2) is 70.6 Å². The number of nitrogens with zero attached hydrogens (tertiary/aromatic N) is 3. The molecule has 0 bridgehead atoms. The highest BCUT2D eigenvalue weighted by Crippen LogP contribution is 2.53. The summed E-state index contributed by atoms with van der Waals surface area (Å²) in [7, 11) is 0. The molecule has 3 heterocycles. The number of allylic oxidation sites excluding steroid dienone is 2. The average Bonchev–Trinajstić information content (AvgIpc) is 3.61. The van der Waals surface area contributed by atoms with Crippen molar-refractivity contribution in [1.82, 2.24) is 4.48 Å². The maximum absolute atomic E-state index is 2.60. The Kier molecular flexibility index (Phi) is 14.1. The van der Waals surface area contributed by atoms with Crippen LogP contribution in [0.2, 0.25) is 0 Å². The Balaban J connectivity index is 1.43. The Hall–Kier alpha value is -1.92. The molecule has 2 aliphatic rings. The van der Waals surface area contributed by atoms with Crippen LogP contribution in [-0.2, 0) is 6.54 Å². The Bertz CT molecular complexity index is 1440. The van der Waals surface area contributed by atoms with Crippen LogP contribution in [0.25, 0.3) is 16.3 Å². The van der Waals surface area contributed by atoms with Gasteiger partial charge in [0.05, 0.1) is 50.1 Å². The quantitative estimate of drug-likeness (QED) is 0.161.